The minimum atomic E-state index is -3.42. The monoisotopic (exact) mass is 344 g/mol. The lowest BCUT2D eigenvalue weighted by atomic mass is 10.1. The Morgan fingerprint density at radius 3 is 2.14 bits per heavy atom. The van der Waals surface area contributed by atoms with E-state index in [1.165, 1.54) is 0 Å². The molecule has 0 bridgehead atoms. The maximum Gasteiger partial charge on any atom is 0.264 e. The van der Waals surface area contributed by atoms with Gasteiger partial charge in [-0.1, -0.05) is 51.1 Å². The molecule has 0 saturated carbocycles. The van der Waals surface area contributed by atoms with Crippen LogP contribution in [0.1, 0.15) is 38.9 Å². The number of hydrogen-bond acceptors (Lipinski definition) is 4. The highest BCUT2D eigenvalue weighted by Gasteiger charge is 2.39. The Morgan fingerprint density at radius 1 is 1.14 bits per heavy atom. The quantitative estimate of drug-likeness (QED) is 0.551. The standard InChI is InChI=1S/C16H28O4SSi/c1-16(2,3)22(5,6)20-15(12-13-19-21(4,17)18)14-10-8-7-9-11-14/h7-11,15H,12-13H2,1-6H3/t15-/m0/s1. The fraction of sp³-hybridized carbons (Fsp3) is 0.625. The van der Waals surface area contributed by atoms with Crippen molar-refractivity contribution in [1.82, 2.24) is 0 Å². The minimum absolute atomic E-state index is 0.0950. The summed E-state index contributed by atoms with van der Waals surface area (Å²) in [6, 6.07) is 9.92. The molecule has 0 aliphatic rings. The van der Waals surface area contributed by atoms with Crippen molar-refractivity contribution < 1.29 is 17.0 Å². The normalized spacial score (nSPS) is 14.8. The van der Waals surface area contributed by atoms with E-state index < -0.39 is 18.4 Å². The van der Waals surface area contributed by atoms with Gasteiger partial charge in [-0.25, -0.2) is 0 Å². The van der Waals surface area contributed by atoms with Crippen LogP contribution in [-0.4, -0.2) is 29.6 Å². The lowest BCUT2D eigenvalue weighted by Gasteiger charge is -2.39. The lowest BCUT2D eigenvalue weighted by molar-refractivity contribution is 0.149. The SMILES string of the molecule is CC(C)(C)[Si](C)(C)O[C@@H](CCOS(C)(=O)=O)c1ccccc1. The Morgan fingerprint density at radius 2 is 1.68 bits per heavy atom. The van der Waals surface area contributed by atoms with Gasteiger partial charge in [0.15, 0.2) is 8.32 Å². The molecule has 0 heterocycles. The van der Waals surface area contributed by atoms with Crippen LogP contribution in [0.4, 0.5) is 0 Å². The van der Waals surface area contributed by atoms with E-state index in [-0.39, 0.29) is 17.7 Å². The molecule has 0 radical (unpaired) electrons. The second-order valence-corrected chi connectivity index (χ2v) is 13.5. The molecule has 0 unspecified atom stereocenters. The van der Waals surface area contributed by atoms with Crippen LogP contribution >= 0.6 is 0 Å². The summed E-state index contributed by atoms with van der Waals surface area (Å²) in [5.41, 5.74) is 1.06. The Balaban J connectivity index is 2.88. The van der Waals surface area contributed by atoms with Crippen molar-refractivity contribution in [3.63, 3.8) is 0 Å². The summed E-state index contributed by atoms with van der Waals surface area (Å²) < 4.78 is 33.6. The average Bonchev–Trinajstić information content (AvgIpc) is 2.35. The highest BCUT2D eigenvalue weighted by molar-refractivity contribution is 7.85. The van der Waals surface area contributed by atoms with Crippen molar-refractivity contribution >= 4 is 18.4 Å². The van der Waals surface area contributed by atoms with Gasteiger partial charge in [0.2, 0.25) is 0 Å². The van der Waals surface area contributed by atoms with Crippen molar-refractivity contribution in [2.24, 2.45) is 0 Å². The summed E-state index contributed by atoms with van der Waals surface area (Å²) in [6.45, 7) is 11.1. The van der Waals surface area contributed by atoms with Gasteiger partial charge in [-0.2, -0.15) is 8.42 Å². The van der Waals surface area contributed by atoms with E-state index >= 15 is 0 Å². The molecule has 0 N–H and O–H groups in total. The molecule has 22 heavy (non-hydrogen) atoms. The van der Waals surface area contributed by atoms with Crippen LogP contribution in [0, 0.1) is 0 Å². The van der Waals surface area contributed by atoms with Crippen molar-refractivity contribution in [1.29, 1.82) is 0 Å². The molecule has 1 rings (SSSR count). The smallest absolute Gasteiger partial charge is 0.264 e. The second kappa shape index (κ2) is 7.25. The molecule has 0 fully saturated rings. The molecule has 1 aromatic carbocycles. The zero-order chi connectivity index (χ0) is 17.0. The van der Waals surface area contributed by atoms with Gasteiger partial charge in [-0.05, 0) is 23.7 Å². The molecule has 0 aliphatic carbocycles. The van der Waals surface area contributed by atoms with Gasteiger partial charge < -0.3 is 4.43 Å². The summed E-state index contributed by atoms with van der Waals surface area (Å²) >= 11 is 0. The topological polar surface area (TPSA) is 52.6 Å². The minimum Gasteiger partial charge on any atom is -0.410 e. The summed E-state index contributed by atoms with van der Waals surface area (Å²) in [6.07, 6.45) is 1.44. The second-order valence-electron chi connectivity index (χ2n) is 7.09. The van der Waals surface area contributed by atoms with Gasteiger partial charge in [0.1, 0.15) is 0 Å². The highest BCUT2D eigenvalue weighted by Crippen LogP contribution is 2.40. The molecule has 0 aliphatic heterocycles. The first-order chi connectivity index (χ1) is 9.92. The van der Waals surface area contributed by atoms with Gasteiger partial charge in [-0.3, -0.25) is 4.18 Å². The molecule has 1 aromatic rings. The van der Waals surface area contributed by atoms with Crippen molar-refractivity contribution in [3.8, 4) is 0 Å². The maximum absolute atomic E-state index is 11.1. The predicted molar refractivity (Wildman–Crippen MR) is 92.9 cm³/mol. The molecule has 0 amide bonds. The molecule has 4 nitrogen and oxygen atoms in total. The van der Waals surface area contributed by atoms with E-state index in [0.29, 0.717) is 6.42 Å². The molecule has 0 saturated heterocycles. The van der Waals surface area contributed by atoms with Crippen molar-refractivity contribution in [2.45, 2.75) is 51.4 Å². The van der Waals surface area contributed by atoms with E-state index in [2.05, 4.69) is 33.9 Å². The zero-order valence-corrected chi connectivity index (χ0v) is 16.2. The summed E-state index contributed by atoms with van der Waals surface area (Å²) in [5.74, 6) is 0. The maximum atomic E-state index is 11.1. The van der Waals surface area contributed by atoms with Gasteiger partial charge in [0, 0.05) is 6.42 Å². The Hall–Kier alpha value is -0.693. The van der Waals surface area contributed by atoms with E-state index in [1.807, 2.05) is 30.3 Å². The van der Waals surface area contributed by atoms with Crippen LogP contribution < -0.4 is 0 Å². The molecular formula is C16H28O4SSi. The summed E-state index contributed by atoms with van der Waals surface area (Å²) in [7, 11) is -5.37. The highest BCUT2D eigenvalue weighted by atomic mass is 32.2. The van der Waals surface area contributed by atoms with E-state index in [4.69, 9.17) is 8.61 Å². The summed E-state index contributed by atoms with van der Waals surface area (Å²) in [5, 5.41) is 0.0950. The third kappa shape index (κ3) is 6.20. The van der Waals surface area contributed by atoms with E-state index in [9.17, 15) is 8.42 Å². The first kappa shape index (κ1) is 19.4. The van der Waals surface area contributed by atoms with E-state index in [1.54, 1.807) is 0 Å². The first-order valence-electron chi connectivity index (χ1n) is 7.49. The fourth-order valence-corrected chi connectivity index (χ4v) is 3.52. The van der Waals surface area contributed by atoms with Crippen LogP contribution in [0.3, 0.4) is 0 Å². The predicted octanol–water partition coefficient (Wildman–Crippen LogP) is 4.12. The Labute approximate surface area is 136 Å². The Bertz CT molecular complexity index is 562. The zero-order valence-electron chi connectivity index (χ0n) is 14.4. The van der Waals surface area contributed by atoms with Crippen LogP contribution in [0.15, 0.2) is 30.3 Å². The van der Waals surface area contributed by atoms with Crippen LogP contribution in [0.5, 0.6) is 0 Å². The molecular weight excluding hydrogens is 316 g/mol. The van der Waals surface area contributed by atoms with Gasteiger partial charge in [0.25, 0.3) is 10.1 Å². The number of hydrogen-bond donors (Lipinski definition) is 0. The third-order valence-corrected chi connectivity index (χ3v) is 9.17. The van der Waals surface area contributed by atoms with Crippen molar-refractivity contribution in [3.05, 3.63) is 35.9 Å². The molecule has 1 atom stereocenters. The average molecular weight is 345 g/mol. The van der Waals surface area contributed by atoms with Crippen LogP contribution in [-0.2, 0) is 18.7 Å². The van der Waals surface area contributed by atoms with Gasteiger partial charge in [-0.15, -0.1) is 0 Å². The molecule has 0 aromatic heterocycles. The molecule has 6 heteroatoms. The van der Waals surface area contributed by atoms with Gasteiger partial charge >= 0.3 is 0 Å². The van der Waals surface area contributed by atoms with Crippen LogP contribution in [0.25, 0.3) is 0 Å². The fourth-order valence-electron chi connectivity index (χ4n) is 1.80. The Kier molecular flexibility index (Phi) is 6.38. The first-order valence-corrected chi connectivity index (χ1v) is 12.2. The number of benzene rings is 1. The summed E-state index contributed by atoms with van der Waals surface area (Å²) in [4.78, 5) is 0. The van der Waals surface area contributed by atoms with E-state index in [0.717, 1.165) is 11.8 Å². The lowest BCUT2D eigenvalue weighted by Crippen LogP contribution is -2.42. The van der Waals surface area contributed by atoms with Crippen LogP contribution in [0.2, 0.25) is 18.1 Å². The molecule has 126 valence electrons. The van der Waals surface area contributed by atoms with Gasteiger partial charge in [0.05, 0.1) is 19.0 Å². The van der Waals surface area contributed by atoms with Crippen molar-refractivity contribution in [2.75, 3.05) is 12.9 Å². The largest absolute Gasteiger partial charge is 0.410 e. The third-order valence-electron chi connectivity index (χ3n) is 4.09. The molecule has 0 spiro atoms. The number of rotatable bonds is 7.